The molecule has 2 aromatic heterocycles. The standard InChI is InChI=1S/C11H10N4OS/c12-9-6-15-10(5-8(9)11(13)16)17-7-1-3-14-4-2-7/h1-6H,12H2,(H2,13,16). The van der Waals surface area contributed by atoms with Gasteiger partial charge in [-0.25, -0.2) is 4.98 Å². The second-order valence-electron chi connectivity index (χ2n) is 3.26. The summed E-state index contributed by atoms with van der Waals surface area (Å²) in [4.78, 5) is 20.1. The molecule has 1 amide bonds. The topological polar surface area (TPSA) is 94.9 Å². The highest BCUT2D eigenvalue weighted by Crippen LogP contribution is 2.26. The van der Waals surface area contributed by atoms with Gasteiger partial charge in [-0.05, 0) is 18.2 Å². The number of anilines is 1. The Morgan fingerprint density at radius 3 is 2.65 bits per heavy atom. The van der Waals surface area contributed by atoms with Crippen molar-refractivity contribution in [3.63, 3.8) is 0 Å². The molecule has 0 saturated heterocycles. The maximum atomic E-state index is 11.1. The Bertz CT molecular complexity index is 544. The third-order valence-corrected chi connectivity index (χ3v) is 2.99. The molecule has 0 aliphatic heterocycles. The molecule has 0 radical (unpaired) electrons. The fourth-order valence-electron chi connectivity index (χ4n) is 1.24. The molecule has 2 heterocycles. The summed E-state index contributed by atoms with van der Waals surface area (Å²) in [5.41, 5.74) is 11.4. The first kappa shape index (κ1) is 11.4. The van der Waals surface area contributed by atoms with Gasteiger partial charge in [0.05, 0.1) is 17.4 Å². The van der Waals surface area contributed by atoms with E-state index in [1.807, 2.05) is 12.1 Å². The van der Waals surface area contributed by atoms with Gasteiger partial charge in [-0.1, -0.05) is 11.8 Å². The summed E-state index contributed by atoms with van der Waals surface area (Å²) in [7, 11) is 0. The summed E-state index contributed by atoms with van der Waals surface area (Å²) < 4.78 is 0. The van der Waals surface area contributed by atoms with Gasteiger partial charge in [-0.2, -0.15) is 0 Å². The van der Waals surface area contributed by atoms with E-state index in [1.165, 1.54) is 18.0 Å². The summed E-state index contributed by atoms with van der Waals surface area (Å²) in [5.74, 6) is -0.554. The first-order valence-electron chi connectivity index (χ1n) is 4.80. The van der Waals surface area contributed by atoms with Gasteiger partial charge in [0, 0.05) is 17.3 Å². The van der Waals surface area contributed by atoms with Gasteiger partial charge >= 0.3 is 0 Å². The van der Waals surface area contributed by atoms with E-state index in [4.69, 9.17) is 11.5 Å². The molecule has 0 fully saturated rings. The van der Waals surface area contributed by atoms with E-state index >= 15 is 0 Å². The predicted octanol–water partition coefficient (Wildman–Crippen LogP) is 1.31. The van der Waals surface area contributed by atoms with Crippen LogP contribution in [0.25, 0.3) is 0 Å². The number of amides is 1. The SMILES string of the molecule is NC(=O)c1cc(Sc2ccncc2)ncc1N. The number of primary amides is 1. The number of hydrogen-bond acceptors (Lipinski definition) is 5. The van der Waals surface area contributed by atoms with Crippen molar-refractivity contribution in [2.45, 2.75) is 9.92 Å². The zero-order chi connectivity index (χ0) is 12.3. The first-order chi connectivity index (χ1) is 8.16. The Morgan fingerprint density at radius 1 is 1.29 bits per heavy atom. The first-order valence-corrected chi connectivity index (χ1v) is 5.61. The molecule has 0 aliphatic carbocycles. The Balaban J connectivity index is 2.29. The van der Waals surface area contributed by atoms with Gasteiger partial charge in [0.2, 0.25) is 0 Å². The van der Waals surface area contributed by atoms with Gasteiger partial charge < -0.3 is 11.5 Å². The molecule has 2 rings (SSSR count). The van der Waals surface area contributed by atoms with Crippen LogP contribution in [0, 0.1) is 0 Å². The summed E-state index contributed by atoms with van der Waals surface area (Å²) in [6.45, 7) is 0. The van der Waals surface area contributed by atoms with E-state index in [1.54, 1.807) is 18.5 Å². The summed E-state index contributed by atoms with van der Waals surface area (Å²) >= 11 is 1.41. The highest BCUT2D eigenvalue weighted by Gasteiger charge is 2.08. The van der Waals surface area contributed by atoms with Gasteiger partial charge in [0.15, 0.2) is 0 Å². The van der Waals surface area contributed by atoms with Crippen molar-refractivity contribution in [1.82, 2.24) is 9.97 Å². The predicted molar refractivity (Wildman–Crippen MR) is 65.5 cm³/mol. The summed E-state index contributed by atoms with van der Waals surface area (Å²) in [6.07, 6.45) is 4.81. The average Bonchev–Trinajstić information content (AvgIpc) is 2.32. The molecule has 0 spiro atoms. The Hall–Kier alpha value is -2.08. The molecule has 6 heteroatoms. The van der Waals surface area contributed by atoms with E-state index in [0.717, 1.165) is 4.90 Å². The quantitative estimate of drug-likeness (QED) is 0.851. The molecular weight excluding hydrogens is 236 g/mol. The molecule has 4 N–H and O–H groups in total. The molecule has 0 aliphatic rings. The van der Waals surface area contributed by atoms with Crippen molar-refractivity contribution in [2.75, 3.05) is 5.73 Å². The minimum Gasteiger partial charge on any atom is -0.397 e. The summed E-state index contributed by atoms with van der Waals surface area (Å²) in [6, 6.07) is 5.29. The van der Waals surface area contributed by atoms with E-state index in [0.29, 0.717) is 5.03 Å². The van der Waals surface area contributed by atoms with Crippen LogP contribution in [-0.2, 0) is 0 Å². The Labute approximate surface area is 102 Å². The third kappa shape index (κ3) is 2.73. The summed E-state index contributed by atoms with van der Waals surface area (Å²) in [5, 5.41) is 0.666. The number of nitrogens with two attached hydrogens (primary N) is 2. The van der Waals surface area contributed by atoms with Crippen molar-refractivity contribution < 1.29 is 4.79 Å². The fraction of sp³-hybridized carbons (Fsp3) is 0. The van der Waals surface area contributed by atoms with E-state index in [9.17, 15) is 4.79 Å². The van der Waals surface area contributed by atoms with Crippen molar-refractivity contribution in [1.29, 1.82) is 0 Å². The van der Waals surface area contributed by atoms with Crippen LogP contribution in [0.4, 0.5) is 5.69 Å². The normalized spacial score (nSPS) is 10.1. The van der Waals surface area contributed by atoms with Crippen LogP contribution in [0.15, 0.2) is 46.7 Å². The molecule has 2 aromatic rings. The largest absolute Gasteiger partial charge is 0.397 e. The molecule has 5 nitrogen and oxygen atoms in total. The molecule has 0 atom stereocenters. The van der Waals surface area contributed by atoms with E-state index in [-0.39, 0.29) is 11.3 Å². The number of aromatic nitrogens is 2. The number of carbonyl (C=O) groups excluding carboxylic acids is 1. The molecule has 86 valence electrons. The van der Waals surface area contributed by atoms with Crippen LogP contribution in [0.5, 0.6) is 0 Å². The third-order valence-electron chi connectivity index (χ3n) is 2.05. The maximum absolute atomic E-state index is 11.1. The smallest absolute Gasteiger partial charge is 0.250 e. The van der Waals surface area contributed by atoms with Crippen LogP contribution >= 0.6 is 11.8 Å². The average molecular weight is 246 g/mol. The second-order valence-corrected chi connectivity index (χ2v) is 4.35. The van der Waals surface area contributed by atoms with Crippen molar-refractivity contribution in [3.05, 3.63) is 42.4 Å². The lowest BCUT2D eigenvalue weighted by Gasteiger charge is -2.04. The molecule has 0 bridgehead atoms. The van der Waals surface area contributed by atoms with Crippen molar-refractivity contribution >= 4 is 23.4 Å². The van der Waals surface area contributed by atoms with Crippen molar-refractivity contribution in [3.8, 4) is 0 Å². The maximum Gasteiger partial charge on any atom is 0.250 e. The minimum absolute atomic E-state index is 0.288. The highest BCUT2D eigenvalue weighted by atomic mass is 32.2. The Kier molecular flexibility index (Phi) is 3.24. The second kappa shape index (κ2) is 4.84. The van der Waals surface area contributed by atoms with Crippen LogP contribution < -0.4 is 11.5 Å². The number of pyridine rings is 2. The zero-order valence-electron chi connectivity index (χ0n) is 8.83. The number of nitrogen functional groups attached to an aromatic ring is 1. The number of nitrogens with zero attached hydrogens (tertiary/aromatic N) is 2. The Morgan fingerprint density at radius 2 is 2.00 bits per heavy atom. The molecule has 0 unspecified atom stereocenters. The molecule has 0 aromatic carbocycles. The van der Waals surface area contributed by atoms with Gasteiger partial charge in [0.25, 0.3) is 5.91 Å². The van der Waals surface area contributed by atoms with E-state index in [2.05, 4.69) is 9.97 Å². The van der Waals surface area contributed by atoms with Crippen LogP contribution in [-0.4, -0.2) is 15.9 Å². The monoisotopic (exact) mass is 246 g/mol. The van der Waals surface area contributed by atoms with Gasteiger partial charge in [0.1, 0.15) is 5.03 Å². The number of hydrogen-bond donors (Lipinski definition) is 2. The molecule has 17 heavy (non-hydrogen) atoms. The van der Waals surface area contributed by atoms with Crippen molar-refractivity contribution in [2.24, 2.45) is 5.73 Å². The highest BCUT2D eigenvalue weighted by molar-refractivity contribution is 7.99. The molecular formula is C11H10N4OS. The number of carbonyl (C=O) groups is 1. The van der Waals surface area contributed by atoms with Crippen LogP contribution in [0.1, 0.15) is 10.4 Å². The lowest BCUT2D eigenvalue weighted by Crippen LogP contribution is -2.13. The van der Waals surface area contributed by atoms with E-state index < -0.39 is 5.91 Å². The van der Waals surface area contributed by atoms with Gasteiger partial charge in [-0.3, -0.25) is 9.78 Å². The lowest BCUT2D eigenvalue weighted by molar-refractivity contribution is 0.100. The zero-order valence-corrected chi connectivity index (χ0v) is 9.65. The minimum atomic E-state index is -0.554. The molecule has 0 saturated carbocycles. The van der Waals surface area contributed by atoms with Crippen LogP contribution in [0.3, 0.4) is 0 Å². The van der Waals surface area contributed by atoms with Crippen LogP contribution in [0.2, 0.25) is 0 Å². The van der Waals surface area contributed by atoms with Gasteiger partial charge in [-0.15, -0.1) is 0 Å². The number of rotatable bonds is 3. The fourth-order valence-corrected chi connectivity index (χ4v) is 2.02. The lowest BCUT2D eigenvalue weighted by atomic mass is 10.2.